The summed E-state index contributed by atoms with van der Waals surface area (Å²) in [5.74, 6) is 0.712. The molecule has 1 aromatic rings. The molecule has 0 fully saturated rings. The van der Waals surface area contributed by atoms with Crippen molar-refractivity contribution in [1.82, 2.24) is 0 Å². The smallest absolute Gasteiger partial charge is 0.265 e. The van der Waals surface area contributed by atoms with Gasteiger partial charge in [0, 0.05) is 12.1 Å². The number of ether oxygens (including phenoxy) is 1. The summed E-state index contributed by atoms with van der Waals surface area (Å²) in [6.07, 6.45) is 0. The first kappa shape index (κ1) is 14.9. The van der Waals surface area contributed by atoms with Gasteiger partial charge in [-0.15, -0.1) is 0 Å². The Balaban J connectivity index is 2.45. The molecule has 2 rings (SSSR count). The van der Waals surface area contributed by atoms with Gasteiger partial charge in [-0.3, -0.25) is 4.79 Å². The Morgan fingerprint density at radius 3 is 2.45 bits per heavy atom. The van der Waals surface area contributed by atoms with Crippen LogP contribution in [0.3, 0.4) is 0 Å². The van der Waals surface area contributed by atoms with Crippen LogP contribution in [0.2, 0.25) is 0 Å². The van der Waals surface area contributed by atoms with Crippen molar-refractivity contribution in [2.45, 2.75) is 45.6 Å². The van der Waals surface area contributed by atoms with E-state index in [1.54, 1.807) is 4.90 Å². The van der Waals surface area contributed by atoms with Crippen LogP contribution in [0.5, 0.6) is 5.75 Å². The molecular formula is C16H24N2O2. The fourth-order valence-electron chi connectivity index (χ4n) is 2.25. The second-order valence-electron chi connectivity index (χ2n) is 7.19. The van der Waals surface area contributed by atoms with Crippen LogP contribution in [0.25, 0.3) is 0 Å². The third-order valence-corrected chi connectivity index (χ3v) is 3.33. The maximum Gasteiger partial charge on any atom is 0.265 e. The lowest BCUT2D eigenvalue weighted by molar-refractivity contribution is -0.121. The van der Waals surface area contributed by atoms with Crippen molar-refractivity contribution in [2.24, 2.45) is 5.73 Å². The number of hydrogen-bond donors (Lipinski definition) is 1. The molecule has 20 heavy (non-hydrogen) atoms. The summed E-state index contributed by atoms with van der Waals surface area (Å²) in [5.41, 5.74) is 7.66. The number of fused-ring (bicyclic) bond motifs is 1. The van der Waals surface area contributed by atoms with E-state index in [1.165, 1.54) is 5.56 Å². The summed E-state index contributed by atoms with van der Waals surface area (Å²) in [6, 6.07) is 6.04. The average molecular weight is 276 g/mol. The first-order chi connectivity index (χ1) is 9.08. The fourth-order valence-corrected chi connectivity index (χ4v) is 2.25. The summed E-state index contributed by atoms with van der Waals surface area (Å²) in [4.78, 5) is 13.9. The number of benzene rings is 1. The standard InChI is InChI=1S/C16H24N2O2/c1-15(2,3)11-6-7-13-12(8-11)18(10-16(4,5)17)14(19)9-20-13/h6-8H,9-10,17H2,1-5H3. The third kappa shape index (κ3) is 3.12. The van der Waals surface area contributed by atoms with Gasteiger partial charge in [-0.25, -0.2) is 0 Å². The number of carbonyl (C=O) groups is 1. The van der Waals surface area contributed by atoms with Gasteiger partial charge in [-0.1, -0.05) is 26.8 Å². The van der Waals surface area contributed by atoms with E-state index in [0.29, 0.717) is 6.54 Å². The molecule has 4 heteroatoms. The minimum absolute atomic E-state index is 0.0272. The Kier molecular flexibility index (Phi) is 3.54. The summed E-state index contributed by atoms with van der Waals surface area (Å²) >= 11 is 0. The molecule has 0 unspecified atom stereocenters. The molecule has 0 saturated heterocycles. The zero-order valence-electron chi connectivity index (χ0n) is 13.0. The van der Waals surface area contributed by atoms with E-state index < -0.39 is 5.54 Å². The number of nitrogens with two attached hydrogens (primary N) is 1. The molecule has 1 heterocycles. The molecule has 0 radical (unpaired) electrons. The van der Waals surface area contributed by atoms with Crippen molar-refractivity contribution < 1.29 is 9.53 Å². The number of anilines is 1. The minimum atomic E-state index is -0.442. The lowest BCUT2D eigenvalue weighted by Crippen LogP contribution is -2.50. The molecule has 4 nitrogen and oxygen atoms in total. The first-order valence-electron chi connectivity index (χ1n) is 6.94. The Bertz CT molecular complexity index is 524. The zero-order chi connectivity index (χ0) is 15.1. The van der Waals surface area contributed by atoms with Crippen LogP contribution in [0.15, 0.2) is 18.2 Å². The number of hydrogen-bond acceptors (Lipinski definition) is 3. The molecular weight excluding hydrogens is 252 g/mol. The molecule has 110 valence electrons. The van der Waals surface area contributed by atoms with Crippen molar-refractivity contribution >= 4 is 11.6 Å². The predicted octanol–water partition coefficient (Wildman–Crippen LogP) is 2.45. The molecule has 0 aromatic heterocycles. The van der Waals surface area contributed by atoms with Gasteiger partial charge in [-0.2, -0.15) is 0 Å². The highest BCUT2D eigenvalue weighted by Gasteiger charge is 2.30. The largest absolute Gasteiger partial charge is 0.482 e. The van der Waals surface area contributed by atoms with Crippen molar-refractivity contribution in [1.29, 1.82) is 0 Å². The van der Waals surface area contributed by atoms with Gasteiger partial charge in [0.15, 0.2) is 6.61 Å². The van der Waals surface area contributed by atoms with E-state index in [0.717, 1.165) is 11.4 Å². The fraction of sp³-hybridized carbons (Fsp3) is 0.562. The van der Waals surface area contributed by atoms with Crippen molar-refractivity contribution in [3.05, 3.63) is 23.8 Å². The normalized spacial score (nSPS) is 15.9. The van der Waals surface area contributed by atoms with Crippen LogP contribution in [-0.4, -0.2) is 24.6 Å². The third-order valence-electron chi connectivity index (χ3n) is 3.33. The highest BCUT2D eigenvalue weighted by Crippen LogP contribution is 2.36. The van der Waals surface area contributed by atoms with Gasteiger partial charge in [0.25, 0.3) is 5.91 Å². The minimum Gasteiger partial charge on any atom is -0.482 e. The highest BCUT2D eigenvalue weighted by atomic mass is 16.5. The van der Waals surface area contributed by atoms with Crippen molar-refractivity contribution in [3.63, 3.8) is 0 Å². The number of nitrogens with zero attached hydrogens (tertiary/aromatic N) is 1. The van der Waals surface area contributed by atoms with E-state index in [1.807, 2.05) is 26.0 Å². The monoisotopic (exact) mass is 276 g/mol. The summed E-state index contributed by atoms with van der Waals surface area (Å²) in [5, 5.41) is 0. The molecule has 2 N–H and O–H groups in total. The van der Waals surface area contributed by atoms with Gasteiger partial charge in [0.1, 0.15) is 5.75 Å². The quantitative estimate of drug-likeness (QED) is 0.902. The molecule has 0 atom stereocenters. The predicted molar refractivity (Wildman–Crippen MR) is 81.3 cm³/mol. The van der Waals surface area contributed by atoms with Gasteiger partial charge in [0.2, 0.25) is 0 Å². The van der Waals surface area contributed by atoms with Crippen molar-refractivity contribution in [2.75, 3.05) is 18.1 Å². The molecule has 1 amide bonds. The number of carbonyl (C=O) groups excluding carboxylic acids is 1. The number of amides is 1. The van der Waals surface area contributed by atoms with E-state index in [-0.39, 0.29) is 17.9 Å². The number of rotatable bonds is 2. The van der Waals surface area contributed by atoms with Crippen LogP contribution in [0.1, 0.15) is 40.2 Å². The Hall–Kier alpha value is -1.55. The molecule has 0 aliphatic carbocycles. The first-order valence-corrected chi connectivity index (χ1v) is 6.94. The maximum atomic E-state index is 12.1. The highest BCUT2D eigenvalue weighted by molar-refractivity contribution is 5.98. The van der Waals surface area contributed by atoms with Crippen LogP contribution >= 0.6 is 0 Å². The van der Waals surface area contributed by atoms with E-state index in [2.05, 4.69) is 26.8 Å². The van der Waals surface area contributed by atoms with E-state index in [9.17, 15) is 4.79 Å². The summed E-state index contributed by atoms with van der Waals surface area (Å²) in [6.45, 7) is 10.9. The van der Waals surface area contributed by atoms with Crippen LogP contribution in [0.4, 0.5) is 5.69 Å². The summed E-state index contributed by atoms with van der Waals surface area (Å²) < 4.78 is 5.52. The Labute approximate surface area is 120 Å². The Morgan fingerprint density at radius 1 is 1.25 bits per heavy atom. The maximum absolute atomic E-state index is 12.1. The lowest BCUT2D eigenvalue weighted by Gasteiger charge is -2.35. The van der Waals surface area contributed by atoms with Crippen LogP contribution < -0.4 is 15.4 Å². The molecule has 0 spiro atoms. The molecule has 1 aliphatic rings. The second-order valence-corrected chi connectivity index (χ2v) is 7.19. The molecule has 0 bridgehead atoms. The Morgan fingerprint density at radius 2 is 1.90 bits per heavy atom. The van der Waals surface area contributed by atoms with Gasteiger partial charge >= 0.3 is 0 Å². The van der Waals surface area contributed by atoms with E-state index >= 15 is 0 Å². The molecule has 0 saturated carbocycles. The van der Waals surface area contributed by atoms with E-state index in [4.69, 9.17) is 10.5 Å². The van der Waals surface area contributed by atoms with Crippen LogP contribution in [0, 0.1) is 0 Å². The molecule has 1 aromatic carbocycles. The second kappa shape index (κ2) is 4.77. The van der Waals surface area contributed by atoms with Gasteiger partial charge in [0.05, 0.1) is 5.69 Å². The zero-order valence-corrected chi connectivity index (χ0v) is 13.0. The van der Waals surface area contributed by atoms with Gasteiger partial charge < -0.3 is 15.4 Å². The lowest BCUT2D eigenvalue weighted by atomic mass is 9.86. The van der Waals surface area contributed by atoms with Crippen LogP contribution in [-0.2, 0) is 10.2 Å². The van der Waals surface area contributed by atoms with Gasteiger partial charge in [-0.05, 0) is 37.0 Å². The summed E-state index contributed by atoms with van der Waals surface area (Å²) in [7, 11) is 0. The average Bonchev–Trinajstić information content (AvgIpc) is 2.30. The topological polar surface area (TPSA) is 55.6 Å². The van der Waals surface area contributed by atoms with Crippen molar-refractivity contribution in [3.8, 4) is 5.75 Å². The molecule has 1 aliphatic heterocycles. The SMILES string of the molecule is CC(C)(N)CN1C(=O)COc2ccc(C(C)(C)C)cc21.